The number of benzene rings is 2. The van der Waals surface area contributed by atoms with Gasteiger partial charge in [0.25, 0.3) is 0 Å². The van der Waals surface area contributed by atoms with Crippen LogP contribution in [0.4, 0.5) is 10.1 Å². The van der Waals surface area contributed by atoms with Crippen LogP contribution in [-0.4, -0.2) is 33.1 Å². The van der Waals surface area contributed by atoms with Crippen LogP contribution in [0.1, 0.15) is 18.9 Å². The minimum absolute atomic E-state index is 0.0481. The summed E-state index contributed by atoms with van der Waals surface area (Å²) < 4.78 is 12.9. The summed E-state index contributed by atoms with van der Waals surface area (Å²) in [6, 6.07) is 11.9. The molecule has 0 unspecified atom stereocenters. The molecular weight excluding hydrogens is 383 g/mol. The number of nitrogens with one attached hydrogen (secondary N) is 2. The van der Waals surface area contributed by atoms with Gasteiger partial charge < -0.3 is 15.7 Å². The van der Waals surface area contributed by atoms with Gasteiger partial charge in [0.1, 0.15) is 16.8 Å². The number of carbonyl (C=O) groups excluding carboxylic acids is 2. The number of carbonyl (C=O) groups is 2. The van der Waals surface area contributed by atoms with Crippen LogP contribution in [0.5, 0.6) is 5.75 Å². The van der Waals surface area contributed by atoms with Crippen molar-refractivity contribution in [3.05, 3.63) is 59.9 Å². The Balaban J connectivity index is 1.58. The van der Waals surface area contributed by atoms with E-state index in [1.165, 1.54) is 24.3 Å². The van der Waals surface area contributed by atoms with E-state index in [0.29, 0.717) is 16.6 Å². The zero-order valence-electron chi connectivity index (χ0n) is 14.8. The molecule has 7 nitrogen and oxygen atoms in total. The van der Waals surface area contributed by atoms with E-state index in [0.717, 1.165) is 17.3 Å². The maximum absolute atomic E-state index is 12.9. The Morgan fingerprint density at radius 3 is 2.57 bits per heavy atom. The molecule has 1 aliphatic rings. The number of thioether (sulfide) groups is 1. The lowest BCUT2D eigenvalue weighted by atomic mass is 10.1. The summed E-state index contributed by atoms with van der Waals surface area (Å²) in [6.45, 7) is 1.76. The fourth-order valence-electron chi connectivity index (χ4n) is 2.38. The smallest absolute Gasteiger partial charge is 0.240 e. The Bertz CT molecular complexity index is 943. The highest BCUT2D eigenvalue weighted by molar-refractivity contribution is 8.15. The number of amides is 2. The molecule has 1 saturated heterocycles. The number of halogens is 1. The molecule has 1 atom stereocenters. The summed E-state index contributed by atoms with van der Waals surface area (Å²) in [5.41, 5.74) is 1.85. The summed E-state index contributed by atoms with van der Waals surface area (Å²) in [6.07, 6.45) is -0.0481. The van der Waals surface area contributed by atoms with Gasteiger partial charge in [-0.1, -0.05) is 11.8 Å². The van der Waals surface area contributed by atoms with Crippen molar-refractivity contribution in [2.75, 3.05) is 5.32 Å². The molecule has 0 spiro atoms. The topological polar surface area (TPSA) is 103 Å². The first kappa shape index (κ1) is 19.6. The average Bonchev–Trinajstić information content (AvgIpc) is 3.01. The molecule has 0 saturated carbocycles. The Labute approximate surface area is 164 Å². The van der Waals surface area contributed by atoms with Gasteiger partial charge in [-0.25, -0.2) is 4.39 Å². The molecule has 9 heteroatoms. The lowest BCUT2D eigenvalue weighted by Gasteiger charge is -2.07. The van der Waals surface area contributed by atoms with E-state index < -0.39 is 11.1 Å². The second-order valence-electron chi connectivity index (χ2n) is 5.99. The quantitative estimate of drug-likeness (QED) is 0.530. The van der Waals surface area contributed by atoms with Gasteiger partial charge in [0.15, 0.2) is 5.17 Å². The fourth-order valence-corrected chi connectivity index (χ4v) is 3.30. The van der Waals surface area contributed by atoms with Crippen molar-refractivity contribution >= 4 is 40.1 Å². The molecule has 0 aromatic heterocycles. The number of aromatic hydroxyl groups is 1. The van der Waals surface area contributed by atoms with Crippen LogP contribution in [0.3, 0.4) is 0 Å². The van der Waals surface area contributed by atoms with Crippen molar-refractivity contribution in [3.8, 4) is 5.75 Å². The Morgan fingerprint density at radius 1 is 1.21 bits per heavy atom. The molecule has 3 N–H and O–H groups in total. The maximum Gasteiger partial charge on any atom is 0.240 e. The van der Waals surface area contributed by atoms with Gasteiger partial charge in [-0.15, -0.1) is 5.10 Å². The van der Waals surface area contributed by atoms with Gasteiger partial charge in [0.05, 0.1) is 5.71 Å². The molecule has 0 aliphatic carbocycles. The minimum Gasteiger partial charge on any atom is -0.508 e. The van der Waals surface area contributed by atoms with Crippen molar-refractivity contribution in [3.63, 3.8) is 0 Å². The summed E-state index contributed by atoms with van der Waals surface area (Å²) in [5.74, 6) is -0.921. The maximum atomic E-state index is 12.9. The van der Waals surface area contributed by atoms with E-state index in [1.54, 1.807) is 31.2 Å². The van der Waals surface area contributed by atoms with Crippen LogP contribution in [-0.2, 0) is 9.59 Å². The van der Waals surface area contributed by atoms with Crippen molar-refractivity contribution in [1.29, 1.82) is 0 Å². The number of phenolic OH excluding ortho intramolecular Hbond substituents is 1. The number of amidine groups is 1. The molecule has 2 aromatic rings. The van der Waals surface area contributed by atoms with Crippen molar-refractivity contribution in [2.24, 2.45) is 10.2 Å². The third kappa shape index (κ3) is 5.17. The molecule has 3 rings (SSSR count). The molecule has 1 heterocycles. The molecule has 1 fully saturated rings. The van der Waals surface area contributed by atoms with Crippen LogP contribution in [0.15, 0.2) is 58.7 Å². The van der Waals surface area contributed by atoms with Crippen molar-refractivity contribution in [2.45, 2.75) is 18.6 Å². The predicted octanol–water partition coefficient (Wildman–Crippen LogP) is 2.87. The number of rotatable bonds is 5. The van der Waals surface area contributed by atoms with Gasteiger partial charge in [0, 0.05) is 12.1 Å². The highest BCUT2D eigenvalue weighted by Gasteiger charge is 2.32. The normalized spacial score (nSPS) is 18.2. The van der Waals surface area contributed by atoms with Gasteiger partial charge in [0.2, 0.25) is 11.8 Å². The molecule has 0 radical (unpaired) electrons. The van der Waals surface area contributed by atoms with E-state index >= 15 is 0 Å². The molecule has 0 bridgehead atoms. The van der Waals surface area contributed by atoms with Gasteiger partial charge in [-0.2, -0.15) is 5.10 Å². The molecule has 2 amide bonds. The fraction of sp³-hybridized carbons (Fsp3) is 0.158. The van der Waals surface area contributed by atoms with E-state index in [4.69, 9.17) is 0 Å². The lowest BCUT2D eigenvalue weighted by molar-refractivity contribution is -0.122. The largest absolute Gasteiger partial charge is 0.508 e. The molecular formula is C19H17FN4O3S. The molecule has 1 aliphatic heterocycles. The first-order chi connectivity index (χ1) is 13.4. The third-order valence-electron chi connectivity index (χ3n) is 3.85. The summed E-state index contributed by atoms with van der Waals surface area (Å²) in [5, 5.41) is 22.3. The number of phenols is 1. The van der Waals surface area contributed by atoms with Gasteiger partial charge in [-0.05, 0) is 61.0 Å². The Morgan fingerprint density at radius 2 is 1.89 bits per heavy atom. The number of nitrogens with zero attached hydrogens (tertiary/aromatic N) is 2. The predicted molar refractivity (Wildman–Crippen MR) is 107 cm³/mol. The highest BCUT2D eigenvalue weighted by atomic mass is 32.2. The van der Waals surface area contributed by atoms with Gasteiger partial charge in [-0.3, -0.25) is 9.59 Å². The Hall–Kier alpha value is -3.20. The zero-order chi connectivity index (χ0) is 20.1. The molecule has 2 aromatic carbocycles. The van der Waals surface area contributed by atoms with Crippen LogP contribution in [0.2, 0.25) is 0 Å². The SMILES string of the molecule is C/C(=N\N=C1/NC(=O)[C@@H](CC(=O)Nc2ccc(F)cc2)S1)c1ccc(O)cc1. The first-order valence-electron chi connectivity index (χ1n) is 8.35. The Kier molecular flexibility index (Phi) is 6.05. The van der Waals surface area contributed by atoms with E-state index in [1.807, 2.05) is 0 Å². The molecule has 144 valence electrons. The average molecular weight is 400 g/mol. The van der Waals surface area contributed by atoms with Crippen LogP contribution in [0.25, 0.3) is 0 Å². The first-order valence-corrected chi connectivity index (χ1v) is 9.23. The van der Waals surface area contributed by atoms with Crippen LogP contribution in [0, 0.1) is 5.82 Å². The van der Waals surface area contributed by atoms with E-state index in [9.17, 15) is 19.1 Å². The van der Waals surface area contributed by atoms with Gasteiger partial charge >= 0.3 is 0 Å². The second-order valence-corrected chi connectivity index (χ2v) is 7.18. The summed E-state index contributed by atoms with van der Waals surface area (Å²) in [7, 11) is 0. The summed E-state index contributed by atoms with van der Waals surface area (Å²) >= 11 is 1.12. The number of anilines is 1. The van der Waals surface area contributed by atoms with Crippen molar-refractivity contribution in [1.82, 2.24) is 5.32 Å². The lowest BCUT2D eigenvalue weighted by Crippen LogP contribution is -2.28. The van der Waals surface area contributed by atoms with E-state index in [2.05, 4.69) is 20.8 Å². The standard InChI is InChI=1S/C19H17FN4O3S/c1-11(12-2-8-15(25)9-3-12)23-24-19-22-18(27)16(28-19)10-17(26)21-14-6-4-13(20)5-7-14/h2-9,16,25H,10H2,1H3,(H,21,26)(H,22,24,27)/b23-11+/t16-/m1/s1. The zero-order valence-corrected chi connectivity index (χ0v) is 15.7. The third-order valence-corrected chi connectivity index (χ3v) is 4.92. The summed E-state index contributed by atoms with van der Waals surface area (Å²) in [4.78, 5) is 24.1. The number of hydrogen-bond acceptors (Lipinski definition) is 6. The van der Waals surface area contributed by atoms with E-state index in [-0.39, 0.29) is 24.0 Å². The molecule has 28 heavy (non-hydrogen) atoms. The minimum atomic E-state index is -0.622. The van der Waals surface area contributed by atoms with Crippen LogP contribution < -0.4 is 10.6 Å². The van der Waals surface area contributed by atoms with Crippen LogP contribution >= 0.6 is 11.8 Å². The second kappa shape index (κ2) is 8.66. The number of hydrogen-bond donors (Lipinski definition) is 3. The van der Waals surface area contributed by atoms with Crippen molar-refractivity contribution < 1.29 is 19.1 Å². The monoisotopic (exact) mass is 400 g/mol. The highest BCUT2D eigenvalue weighted by Crippen LogP contribution is 2.23.